The van der Waals surface area contributed by atoms with Crippen LogP contribution in [0.1, 0.15) is 43.2 Å². The highest BCUT2D eigenvalue weighted by Gasteiger charge is 2.32. The minimum Gasteiger partial charge on any atom is -0.478 e. The summed E-state index contributed by atoms with van der Waals surface area (Å²) in [4.78, 5) is 34.3. The maximum atomic E-state index is 12.4. The molecule has 6 nitrogen and oxygen atoms in total. The number of benzene rings is 1. The van der Waals surface area contributed by atoms with E-state index in [1.807, 2.05) is 25.7 Å². The summed E-state index contributed by atoms with van der Waals surface area (Å²) in [5.74, 6) is -0.332. The van der Waals surface area contributed by atoms with Crippen LogP contribution in [0, 0.1) is 11.3 Å². The summed E-state index contributed by atoms with van der Waals surface area (Å²) in [5, 5.41) is 8.96. The molecule has 1 aliphatic rings. The highest BCUT2D eigenvalue weighted by atomic mass is 16.4. The summed E-state index contributed by atoms with van der Waals surface area (Å²) in [6.07, 6.45) is 5.29. The number of rotatable bonds is 4. The Morgan fingerprint density at radius 2 is 1.85 bits per heavy atom. The van der Waals surface area contributed by atoms with Crippen LogP contribution in [-0.2, 0) is 11.2 Å². The molecule has 1 aromatic heterocycles. The molecule has 2 heterocycles. The predicted octanol–water partition coefficient (Wildman–Crippen LogP) is 3.28. The Hall–Kier alpha value is -2.76. The zero-order valence-electron chi connectivity index (χ0n) is 16.0. The van der Waals surface area contributed by atoms with Gasteiger partial charge in [0.1, 0.15) is 0 Å². The highest BCUT2D eigenvalue weighted by molar-refractivity contribution is 5.88. The SMILES string of the molecule is CC(C)(C)C(=O)N1CC[C@@H](Cc2cnc(-c3ccc(C(=O)O)cc3)cn2)C1. The predicted molar refractivity (Wildman–Crippen MR) is 102 cm³/mol. The van der Waals surface area contributed by atoms with Gasteiger partial charge in [-0.05, 0) is 30.9 Å². The second-order valence-electron chi connectivity index (χ2n) is 8.14. The van der Waals surface area contributed by atoms with E-state index in [0.29, 0.717) is 11.6 Å². The number of likely N-dealkylation sites (tertiary alicyclic amines) is 1. The van der Waals surface area contributed by atoms with Gasteiger partial charge in [0.2, 0.25) is 5.91 Å². The Morgan fingerprint density at radius 1 is 1.15 bits per heavy atom. The molecular formula is C21H25N3O3. The van der Waals surface area contributed by atoms with Gasteiger partial charge in [0.25, 0.3) is 0 Å². The largest absolute Gasteiger partial charge is 0.478 e. The number of amides is 1. The molecule has 27 heavy (non-hydrogen) atoms. The molecule has 1 aromatic carbocycles. The molecular weight excluding hydrogens is 342 g/mol. The molecule has 1 fully saturated rings. The molecule has 3 rings (SSSR count). The number of carboxylic acid groups (broad SMARTS) is 1. The lowest BCUT2D eigenvalue weighted by molar-refractivity contribution is -0.138. The van der Waals surface area contributed by atoms with Crippen LogP contribution < -0.4 is 0 Å². The third kappa shape index (κ3) is 4.51. The maximum absolute atomic E-state index is 12.4. The van der Waals surface area contributed by atoms with Gasteiger partial charge in [-0.3, -0.25) is 14.8 Å². The van der Waals surface area contributed by atoms with Crippen molar-refractivity contribution in [2.45, 2.75) is 33.6 Å². The normalized spacial score (nSPS) is 17.1. The second kappa shape index (κ2) is 7.47. The first kappa shape index (κ1) is 19.0. The third-order valence-corrected chi connectivity index (χ3v) is 4.85. The quantitative estimate of drug-likeness (QED) is 0.897. The number of hydrogen-bond donors (Lipinski definition) is 1. The van der Waals surface area contributed by atoms with Crippen molar-refractivity contribution < 1.29 is 14.7 Å². The fourth-order valence-corrected chi connectivity index (χ4v) is 3.35. The summed E-state index contributed by atoms with van der Waals surface area (Å²) in [5.41, 5.74) is 2.37. The maximum Gasteiger partial charge on any atom is 0.335 e. The summed E-state index contributed by atoms with van der Waals surface area (Å²) in [6, 6.07) is 6.60. The van der Waals surface area contributed by atoms with E-state index in [2.05, 4.69) is 9.97 Å². The Labute approximate surface area is 159 Å². The first-order valence-electron chi connectivity index (χ1n) is 9.18. The van der Waals surface area contributed by atoms with Crippen LogP contribution in [0.4, 0.5) is 0 Å². The molecule has 0 saturated carbocycles. The van der Waals surface area contributed by atoms with Crippen molar-refractivity contribution in [2.75, 3.05) is 13.1 Å². The van der Waals surface area contributed by atoms with Crippen molar-refractivity contribution in [3.8, 4) is 11.3 Å². The summed E-state index contributed by atoms with van der Waals surface area (Å²) in [7, 11) is 0. The van der Waals surface area contributed by atoms with E-state index in [4.69, 9.17) is 5.11 Å². The minimum atomic E-state index is -0.946. The lowest BCUT2D eigenvalue weighted by Crippen LogP contribution is -2.38. The van der Waals surface area contributed by atoms with Gasteiger partial charge in [0, 0.05) is 30.3 Å². The van der Waals surface area contributed by atoms with Crippen LogP contribution in [0.2, 0.25) is 0 Å². The first-order valence-corrected chi connectivity index (χ1v) is 9.18. The van der Waals surface area contributed by atoms with Gasteiger partial charge in [-0.15, -0.1) is 0 Å². The molecule has 1 saturated heterocycles. The van der Waals surface area contributed by atoms with Crippen molar-refractivity contribution in [2.24, 2.45) is 11.3 Å². The van der Waals surface area contributed by atoms with Crippen LogP contribution in [0.5, 0.6) is 0 Å². The third-order valence-electron chi connectivity index (χ3n) is 4.85. The number of aromatic carboxylic acids is 1. The number of carbonyl (C=O) groups excluding carboxylic acids is 1. The Morgan fingerprint density at radius 3 is 2.41 bits per heavy atom. The van der Waals surface area contributed by atoms with E-state index >= 15 is 0 Å². The smallest absolute Gasteiger partial charge is 0.335 e. The van der Waals surface area contributed by atoms with Gasteiger partial charge in [0.15, 0.2) is 0 Å². The van der Waals surface area contributed by atoms with Crippen molar-refractivity contribution in [3.63, 3.8) is 0 Å². The lowest BCUT2D eigenvalue weighted by Gasteiger charge is -2.25. The molecule has 1 amide bonds. The summed E-state index contributed by atoms with van der Waals surface area (Å²) < 4.78 is 0. The number of aromatic nitrogens is 2. The van der Waals surface area contributed by atoms with Crippen LogP contribution in [0.3, 0.4) is 0 Å². The average Bonchev–Trinajstić information content (AvgIpc) is 3.09. The van der Waals surface area contributed by atoms with Crippen LogP contribution >= 0.6 is 0 Å². The molecule has 0 spiro atoms. The van der Waals surface area contributed by atoms with E-state index in [1.54, 1.807) is 36.7 Å². The Kier molecular flexibility index (Phi) is 5.26. The molecule has 0 aliphatic carbocycles. The van der Waals surface area contributed by atoms with E-state index < -0.39 is 5.97 Å². The fraction of sp³-hybridized carbons (Fsp3) is 0.429. The monoisotopic (exact) mass is 367 g/mol. The van der Waals surface area contributed by atoms with Crippen molar-refractivity contribution in [3.05, 3.63) is 47.9 Å². The molecule has 1 N–H and O–H groups in total. The fourth-order valence-electron chi connectivity index (χ4n) is 3.35. The highest BCUT2D eigenvalue weighted by Crippen LogP contribution is 2.26. The van der Waals surface area contributed by atoms with Crippen LogP contribution in [0.15, 0.2) is 36.7 Å². The van der Waals surface area contributed by atoms with E-state index in [1.165, 1.54) is 0 Å². The Bertz CT molecular complexity index is 823. The van der Waals surface area contributed by atoms with E-state index in [9.17, 15) is 9.59 Å². The van der Waals surface area contributed by atoms with Crippen LogP contribution in [-0.4, -0.2) is 44.9 Å². The van der Waals surface area contributed by atoms with Gasteiger partial charge in [0.05, 0.1) is 23.1 Å². The molecule has 0 radical (unpaired) electrons. The second-order valence-corrected chi connectivity index (χ2v) is 8.14. The van der Waals surface area contributed by atoms with Gasteiger partial charge in [-0.1, -0.05) is 32.9 Å². The molecule has 2 aromatic rings. The molecule has 6 heteroatoms. The lowest BCUT2D eigenvalue weighted by atomic mass is 9.95. The van der Waals surface area contributed by atoms with Gasteiger partial charge in [-0.25, -0.2) is 4.79 Å². The zero-order chi connectivity index (χ0) is 19.6. The zero-order valence-corrected chi connectivity index (χ0v) is 16.0. The number of carboxylic acids is 1. The van der Waals surface area contributed by atoms with Crippen LogP contribution in [0.25, 0.3) is 11.3 Å². The molecule has 0 bridgehead atoms. The van der Waals surface area contributed by atoms with Crippen molar-refractivity contribution in [1.82, 2.24) is 14.9 Å². The van der Waals surface area contributed by atoms with Gasteiger partial charge in [-0.2, -0.15) is 0 Å². The topological polar surface area (TPSA) is 83.4 Å². The molecule has 1 aliphatic heterocycles. The van der Waals surface area contributed by atoms with E-state index in [-0.39, 0.29) is 16.9 Å². The molecule has 0 unspecified atom stereocenters. The van der Waals surface area contributed by atoms with Crippen molar-refractivity contribution >= 4 is 11.9 Å². The molecule has 142 valence electrons. The number of hydrogen-bond acceptors (Lipinski definition) is 4. The number of carbonyl (C=O) groups is 2. The molecule has 1 atom stereocenters. The first-order chi connectivity index (χ1) is 12.7. The van der Waals surface area contributed by atoms with Gasteiger partial charge < -0.3 is 10.0 Å². The Balaban J connectivity index is 1.61. The summed E-state index contributed by atoms with van der Waals surface area (Å²) >= 11 is 0. The summed E-state index contributed by atoms with van der Waals surface area (Å²) in [6.45, 7) is 7.44. The van der Waals surface area contributed by atoms with E-state index in [0.717, 1.165) is 37.2 Å². The van der Waals surface area contributed by atoms with Gasteiger partial charge >= 0.3 is 5.97 Å². The standard InChI is InChI=1S/C21H25N3O3/c1-21(2,3)20(27)24-9-8-14(13-24)10-17-11-23-18(12-22-17)15-4-6-16(7-5-15)19(25)26/h4-7,11-12,14H,8-10,13H2,1-3H3,(H,25,26)/t14-/m0/s1. The minimum absolute atomic E-state index is 0.205. The average molecular weight is 367 g/mol. The number of nitrogens with zero attached hydrogens (tertiary/aromatic N) is 3. The van der Waals surface area contributed by atoms with Crippen molar-refractivity contribution in [1.29, 1.82) is 0 Å².